The Hall–Kier alpha value is -0.800. The average Bonchev–Trinajstić information content (AvgIpc) is 2.63. The third kappa shape index (κ3) is 1.15. The lowest BCUT2D eigenvalue weighted by atomic mass is 9.97. The first-order chi connectivity index (χ1) is 5.76. The number of nitrogens with one attached hydrogen (secondary N) is 1. The first-order valence-corrected chi connectivity index (χ1v) is 4.26. The van der Waals surface area contributed by atoms with Crippen molar-refractivity contribution in [3.8, 4) is 0 Å². The van der Waals surface area contributed by atoms with E-state index in [1.54, 1.807) is 6.26 Å². The van der Waals surface area contributed by atoms with Crippen molar-refractivity contribution < 1.29 is 4.42 Å². The summed E-state index contributed by atoms with van der Waals surface area (Å²) in [5.74, 6) is 6.42. The van der Waals surface area contributed by atoms with Crippen LogP contribution in [0.3, 0.4) is 0 Å². The highest BCUT2D eigenvalue weighted by molar-refractivity contribution is 5.12. The minimum Gasteiger partial charge on any atom is -0.468 e. The summed E-state index contributed by atoms with van der Waals surface area (Å²) in [4.78, 5) is 0. The molecule has 1 saturated carbocycles. The summed E-state index contributed by atoms with van der Waals surface area (Å²) in [6.45, 7) is 2.22. The second kappa shape index (κ2) is 2.61. The van der Waals surface area contributed by atoms with Gasteiger partial charge in [0.25, 0.3) is 0 Å². The van der Waals surface area contributed by atoms with Gasteiger partial charge in [-0.15, -0.1) is 0 Å². The highest BCUT2D eigenvalue weighted by Gasteiger charge is 2.46. The van der Waals surface area contributed by atoms with Crippen LogP contribution in [0.5, 0.6) is 0 Å². The first-order valence-electron chi connectivity index (χ1n) is 4.26. The van der Waals surface area contributed by atoms with Gasteiger partial charge in [0, 0.05) is 0 Å². The fourth-order valence-corrected chi connectivity index (χ4v) is 1.57. The van der Waals surface area contributed by atoms with E-state index in [0.29, 0.717) is 5.41 Å². The number of nitrogens with two attached hydrogens (primary N) is 1. The SMILES string of the molecule is CC1(C(NN)c2ccco2)CC1. The van der Waals surface area contributed by atoms with Crippen molar-refractivity contribution in [1.29, 1.82) is 0 Å². The van der Waals surface area contributed by atoms with Gasteiger partial charge in [-0.3, -0.25) is 5.84 Å². The predicted octanol–water partition coefficient (Wildman–Crippen LogP) is 1.58. The normalized spacial score (nSPS) is 22.2. The van der Waals surface area contributed by atoms with Crippen molar-refractivity contribution in [2.24, 2.45) is 11.3 Å². The zero-order valence-corrected chi connectivity index (χ0v) is 7.21. The van der Waals surface area contributed by atoms with Crippen LogP contribution < -0.4 is 11.3 Å². The fourth-order valence-electron chi connectivity index (χ4n) is 1.57. The van der Waals surface area contributed by atoms with E-state index in [4.69, 9.17) is 10.3 Å². The molecule has 0 aromatic carbocycles. The molecule has 0 bridgehead atoms. The van der Waals surface area contributed by atoms with Gasteiger partial charge in [0.2, 0.25) is 0 Å². The van der Waals surface area contributed by atoms with E-state index in [0.717, 1.165) is 5.76 Å². The minimum atomic E-state index is 0.174. The van der Waals surface area contributed by atoms with E-state index in [1.165, 1.54) is 12.8 Å². The molecule has 1 fully saturated rings. The number of hydrogen-bond acceptors (Lipinski definition) is 3. The maximum atomic E-state index is 5.48. The van der Waals surface area contributed by atoms with Gasteiger partial charge in [-0.05, 0) is 30.4 Å². The second-order valence-corrected chi connectivity index (χ2v) is 3.77. The fraction of sp³-hybridized carbons (Fsp3) is 0.556. The van der Waals surface area contributed by atoms with E-state index in [9.17, 15) is 0 Å². The molecule has 0 saturated heterocycles. The molecule has 1 aliphatic carbocycles. The topological polar surface area (TPSA) is 51.2 Å². The Labute approximate surface area is 71.9 Å². The van der Waals surface area contributed by atoms with Crippen LogP contribution in [0.1, 0.15) is 31.6 Å². The standard InChI is InChI=1S/C9H14N2O/c1-9(4-5-9)8(11-10)7-3-2-6-12-7/h2-3,6,8,11H,4-5,10H2,1H3. The van der Waals surface area contributed by atoms with Gasteiger partial charge >= 0.3 is 0 Å². The van der Waals surface area contributed by atoms with Crippen LogP contribution in [0.25, 0.3) is 0 Å². The van der Waals surface area contributed by atoms with Crippen molar-refractivity contribution in [2.75, 3.05) is 0 Å². The molecule has 1 atom stereocenters. The Morgan fingerprint density at radius 2 is 2.42 bits per heavy atom. The molecule has 1 aromatic rings. The maximum absolute atomic E-state index is 5.48. The molecule has 1 heterocycles. The molecule has 66 valence electrons. The Bertz CT molecular complexity index is 252. The van der Waals surface area contributed by atoms with Crippen molar-refractivity contribution in [3.63, 3.8) is 0 Å². The minimum absolute atomic E-state index is 0.174. The van der Waals surface area contributed by atoms with Crippen LogP contribution in [0.15, 0.2) is 22.8 Å². The van der Waals surface area contributed by atoms with E-state index in [-0.39, 0.29) is 6.04 Å². The summed E-state index contributed by atoms with van der Waals surface area (Å²) < 4.78 is 5.31. The maximum Gasteiger partial charge on any atom is 0.122 e. The van der Waals surface area contributed by atoms with Crippen molar-refractivity contribution in [2.45, 2.75) is 25.8 Å². The zero-order valence-electron chi connectivity index (χ0n) is 7.21. The van der Waals surface area contributed by atoms with Crippen molar-refractivity contribution >= 4 is 0 Å². The Morgan fingerprint density at radius 3 is 2.83 bits per heavy atom. The molecule has 3 N–H and O–H groups in total. The number of rotatable bonds is 3. The zero-order chi connectivity index (χ0) is 8.60. The molecule has 1 unspecified atom stereocenters. The third-order valence-corrected chi connectivity index (χ3v) is 2.73. The monoisotopic (exact) mass is 166 g/mol. The third-order valence-electron chi connectivity index (χ3n) is 2.73. The summed E-state index contributed by atoms with van der Waals surface area (Å²) in [7, 11) is 0. The van der Waals surface area contributed by atoms with E-state index < -0.39 is 0 Å². The largest absolute Gasteiger partial charge is 0.468 e. The Kier molecular flexibility index (Phi) is 1.70. The van der Waals surface area contributed by atoms with Crippen molar-refractivity contribution in [1.82, 2.24) is 5.43 Å². The Morgan fingerprint density at radius 1 is 1.67 bits per heavy atom. The van der Waals surface area contributed by atoms with Crippen LogP contribution in [0.4, 0.5) is 0 Å². The molecule has 1 aliphatic rings. The predicted molar refractivity (Wildman–Crippen MR) is 46.1 cm³/mol. The highest BCUT2D eigenvalue weighted by atomic mass is 16.3. The van der Waals surface area contributed by atoms with Gasteiger partial charge in [0.05, 0.1) is 12.3 Å². The van der Waals surface area contributed by atoms with E-state index in [1.807, 2.05) is 12.1 Å². The molecule has 3 heteroatoms. The van der Waals surface area contributed by atoms with Gasteiger partial charge in [-0.25, -0.2) is 5.43 Å². The number of hydrogen-bond donors (Lipinski definition) is 2. The van der Waals surface area contributed by atoms with Crippen LogP contribution in [-0.2, 0) is 0 Å². The van der Waals surface area contributed by atoms with Gasteiger partial charge < -0.3 is 4.42 Å². The lowest BCUT2D eigenvalue weighted by Gasteiger charge is -2.19. The number of furan rings is 1. The summed E-state index contributed by atoms with van der Waals surface area (Å²) in [5.41, 5.74) is 3.13. The molecule has 2 rings (SSSR count). The molecule has 0 spiro atoms. The van der Waals surface area contributed by atoms with Gasteiger partial charge in [0.15, 0.2) is 0 Å². The first kappa shape index (κ1) is 7.83. The van der Waals surface area contributed by atoms with Gasteiger partial charge in [-0.2, -0.15) is 0 Å². The smallest absolute Gasteiger partial charge is 0.122 e. The van der Waals surface area contributed by atoms with Gasteiger partial charge in [0.1, 0.15) is 5.76 Å². The molecular formula is C9H14N2O. The average molecular weight is 166 g/mol. The quantitative estimate of drug-likeness (QED) is 0.529. The van der Waals surface area contributed by atoms with Crippen molar-refractivity contribution in [3.05, 3.63) is 24.2 Å². The number of hydrazine groups is 1. The molecule has 12 heavy (non-hydrogen) atoms. The van der Waals surface area contributed by atoms with E-state index >= 15 is 0 Å². The van der Waals surface area contributed by atoms with Crippen LogP contribution in [-0.4, -0.2) is 0 Å². The molecule has 0 amide bonds. The Balaban J connectivity index is 2.19. The highest BCUT2D eigenvalue weighted by Crippen LogP contribution is 2.54. The summed E-state index contributed by atoms with van der Waals surface area (Å²) in [5, 5.41) is 0. The molecule has 0 aliphatic heterocycles. The van der Waals surface area contributed by atoms with Gasteiger partial charge in [-0.1, -0.05) is 6.92 Å². The lowest BCUT2D eigenvalue weighted by molar-refractivity contribution is 0.312. The molecular weight excluding hydrogens is 152 g/mol. The summed E-state index contributed by atoms with van der Waals surface area (Å²) >= 11 is 0. The molecule has 0 radical (unpaired) electrons. The lowest BCUT2D eigenvalue weighted by Crippen LogP contribution is -2.33. The second-order valence-electron chi connectivity index (χ2n) is 3.77. The molecule has 1 aromatic heterocycles. The summed E-state index contributed by atoms with van der Waals surface area (Å²) in [6.07, 6.45) is 4.14. The van der Waals surface area contributed by atoms with E-state index in [2.05, 4.69) is 12.3 Å². The molecule has 3 nitrogen and oxygen atoms in total. The van der Waals surface area contributed by atoms with Crippen LogP contribution >= 0.6 is 0 Å². The van der Waals surface area contributed by atoms with Crippen LogP contribution in [0.2, 0.25) is 0 Å². The van der Waals surface area contributed by atoms with Crippen LogP contribution in [0, 0.1) is 5.41 Å². The summed E-state index contributed by atoms with van der Waals surface area (Å²) in [6, 6.07) is 4.03.